The highest BCUT2D eigenvalue weighted by Gasteiger charge is 2.24. The topological polar surface area (TPSA) is 68.0 Å². The van der Waals surface area contributed by atoms with Gasteiger partial charge in [0.25, 0.3) is 0 Å². The maximum atomic E-state index is 11.8. The summed E-state index contributed by atoms with van der Waals surface area (Å²) in [4.78, 5) is 15.8. The van der Waals surface area contributed by atoms with E-state index >= 15 is 0 Å². The summed E-state index contributed by atoms with van der Waals surface area (Å²) in [5, 5.41) is 5.38. The minimum absolute atomic E-state index is 0.0943. The zero-order chi connectivity index (χ0) is 10.7. The van der Waals surface area contributed by atoms with Crippen LogP contribution in [0.2, 0.25) is 0 Å². The number of nitrogens with zero attached hydrogens (tertiary/aromatic N) is 1. The van der Waals surface area contributed by atoms with Crippen molar-refractivity contribution in [3.63, 3.8) is 0 Å². The van der Waals surface area contributed by atoms with Gasteiger partial charge in [-0.15, -0.1) is 11.3 Å². The summed E-state index contributed by atoms with van der Waals surface area (Å²) in [5.41, 5.74) is 5.79. The van der Waals surface area contributed by atoms with Crippen LogP contribution < -0.4 is 11.1 Å². The summed E-state index contributed by atoms with van der Waals surface area (Å²) in [6.07, 6.45) is 5.40. The molecule has 1 saturated carbocycles. The van der Waals surface area contributed by atoms with E-state index in [1.54, 1.807) is 6.20 Å². The first-order chi connectivity index (χ1) is 7.25. The molecular weight excluding hydrogens is 210 g/mol. The second kappa shape index (κ2) is 4.72. The molecule has 1 aliphatic carbocycles. The zero-order valence-corrected chi connectivity index (χ0v) is 9.30. The number of amides is 1. The Labute approximate surface area is 92.9 Å². The molecule has 5 heteroatoms. The van der Waals surface area contributed by atoms with E-state index in [1.165, 1.54) is 11.3 Å². The number of hydrogen-bond acceptors (Lipinski definition) is 4. The zero-order valence-electron chi connectivity index (χ0n) is 8.48. The molecule has 0 spiro atoms. The Balaban J connectivity index is 1.86. The van der Waals surface area contributed by atoms with E-state index in [9.17, 15) is 4.79 Å². The van der Waals surface area contributed by atoms with Crippen LogP contribution in [-0.4, -0.2) is 16.9 Å². The summed E-state index contributed by atoms with van der Waals surface area (Å²) in [5.74, 6) is 0.213. The number of nitrogens with one attached hydrogen (secondary N) is 1. The lowest BCUT2D eigenvalue weighted by Crippen LogP contribution is -2.32. The average molecular weight is 225 g/mol. The highest BCUT2D eigenvalue weighted by molar-refractivity contribution is 7.13. The van der Waals surface area contributed by atoms with Gasteiger partial charge in [0.1, 0.15) is 0 Å². The quantitative estimate of drug-likeness (QED) is 0.803. The maximum Gasteiger partial charge on any atom is 0.229 e. The first-order valence-electron chi connectivity index (χ1n) is 5.21. The smallest absolute Gasteiger partial charge is 0.229 e. The van der Waals surface area contributed by atoms with Crippen molar-refractivity contribution in [1.29, 1.82) is 0 Å². The normalized spacial score (nSPS) is 26.2. The van der Waals surface area contributed by atoms with Crippen LogP contribution in [0.1, 0.15) is 25.7 Å². The standard InChI is InChI=1S/C10H15N3OS/c11-8-3-1-7(2-4-8)9(14)13-10-12-5-6-15-10/h5-8H,1-4,11H2,(H,12,13,14). The van der Waals surface area contributed by atoms with E-state index < -0.39 is 0 Å². The van der Waals surface area contributed by atoms with E-state index in [4.69, 9.17) is 5.73 Å². The van der Waals surface area contributed by atoms with Crippen molar-refractivity contribution >= 4 is 22.4 Å². The van der Waals surface area contributed by atoms with E-state index in [-0.39, 0.29) is 17.9 Å². The van der Waals surface area contributed by atoms with Crippen LogP contribution in [-0.2, 0) is 4.79 Å². The lowest BCUT2D eigenvalue weighted by molar-refractivity contribution is -0.120. The molecule has 0 bridgehead atoms. The Hall–Kier alpha value is -0.940. The molecule has 82 valence electrons. The van der Waals surface area contributed by atoms with E-state index in [1.807, 2.05) is 5.38 Å². The lowest BCUT2D eigenvalue weighted by atomic mass is 9.86. The molecular formula is C10H15N3OS. The van der Waals surface area contributed by atoms with Crippen molar-refractivity contribution in [3.05, 3.63) is 11.6 Å². The number of thiazole rings is 1. The predicted molar refractivity (Wildman–Crippen MR) is 60.7 cm³/mol. The molecule has 0 unspecified atom stereocenters. The van der Waals surface area contributed by atoms with Crippen molar-refractivity contribution < 1.29 is 4.79 Å². The van der Waals surface area contributed by atoms with Crippen LogP contribution in [0.3, 0.4) is 0 Å². The first kappa shape index (κ1) is 10.6. The van der Waals surface area contributed by atoms with Crippen molar-refractivity contribution in [1.82, 2.24) is 4.98 Å². The molecule has 1 aromatic rings. The highest BCUT2D eigenvalue weighted by atomic mass is 32.1. The molecule has 0 atom stereocenters. The second-order valence-electron chi connectivity index (χ2n) is 3.94. The van der Waals surface area contributed by atoms with Crippen LogP contribution in [0.25, 0.3) is 0 Å². The molecule has 15 heavy (non-hydrogen) atoms. The Kier molecular flexibility index (Phi) is 3.33. The van der Waals surface area contributed by atoms with Gasteiger partial charge >= 0.3 is 0 Å². The summed E-state index contributed by atoms with van der Waals surface area (Å²) < 4.78 is 0. The fourth-order valence-corrected chi connectivity index (χ4v) is 2.41. The molecule has 0 radical (unpaired) electrons. The Bertz CT molecular complexity index is 317. The van der Waals surface area contributed by atoms with Gasteiger partial charge in [-0.2, -0.15) is 0 Å². The number of carbonyl (C=O) groups is 1. The monoisotopic (exact) mass is 225 g/mol. The van der Waals surface area contributed by atoms with E-state index in [0.29, 0.717) is 5.13 Å². The summed E-state index contributed by atoms with van der Waals surface area (Å²) in [6, 6.07) is 0.286. The van der Waals surface area contributed by atoms with Gasteiger partial charge in [-0.3, -0.25) is 4.79 Å². The number of carbonyl (C=O) groups excluding carboxylic acids is 1. The fraction of sp³-hybridized carbons (Fsp3) is 0.600. The van der Waals surface area contributed by atoms with Gasteiger partial charge in [0.05, 0.1) is 0 Å². The van der Waals surface area contributed by atoms with E-state index in [2.05, 4.69) is 10.3 Å². The van der Waals surface area contributed by atoms with E-state index in [0.717, 1.165) is 25.7 Å². The minimum atomic E-state index is 0.0943. The first-order valence-corrected chi connectivity index (χ1v) is 6.09. The molecule has 0 aromatic carbocycles. The molecule has 1 heterocycles. The van der Waals surface area contributed by atoms with Gasteiger partial charge in [-0.1, -0.05) is 0 Å². The number of aromatic nitrogens is 1. The van der Waals surface area contributed by atoms with Crippen molar-refractivity contribution in [2.45, 2.75) is 31.7 Å². The fourth-order valence-electron chi connectivity index (χ4n) is 1.87. The van der Waals surface area contributed by atoms with Crippen LogP contribution in [0.5, 0.6) is 0 Å². The molecule has 0 aliphatic heterocycles. The summed E-state index contributed by atoms with van der Waals surface area (Å²) in [6.45, 7) is 0. The Morgan fingerprint density at radius 3 is 2.80 bits per heavy atom. The van der Waals surface area contributed by atoms with Crippen LogP contribution >= 0.6 is 11.3 Å². The van der Waals surface area contributed by atoms with Crippen molar-refractivity contribution in [3.8, 4) is 0 Å². The Morgan fingerprint density at radius 1 is 1.47 bits per heavy atom. The maximum absolute atomic E-state index is 11.8. The van der Waals surface area contributed by atoms with Gasteiger partial charge in [-0.25, -0.2) is 4.98 Å². The molecule has 2 rings (SSSR count). The van der Waals surface area contributed by atoms with Crippen molar-refractivity contribution in [2.24, 2.45) is 11.7 Å². The minimum Gasteiger partial charge on any atom is -0.328 e. The molecule has 0 saturated heterocycles. The molecule has 1 amide bonds. The summed E-state index contributed by atoms with van der Waals surface area (Å²) >= 11 is 1.45. The molecule has 3 N–H and O–H groups in total. The van der Waals surface area contributed by atoms with Gasteiger partial charge in [0.2, 0.25) is 5.91 Å². The molecule has 1 aromatic heterocycles. The third-order valence-electron chi connectivity index (χ3n) is 2.81. The van der Waals surface area contributed by atoms with Gasteiger partial charge in [0, 0.05) is 23.5 Å². The molecule has 1 aliphatic rings. The lowest BCUT2D eigenvalue weighted by Gasteiger charge is -2.24. The molecule has 4 nitrogen and oxygen atoms in total. The van der Waals surface area contributed by atoms with Crippen LogP contribution in [0.4, 0.5) is 5.13 Å². The number of rotatable bonds is 2. The van der Waals surface area contributed by atoms with Crippen LogP contribution in [0, 0.1) is 5.92 Å². The van der Waals surface area contributed by atoms with Gasteiger partial charge in [-0.05, 0) is 25.7 Å². The van der Waals surface area contributed by atoms with Gasteiger partial charge < -0.3 is 11.1 Å². The largest absolute Gasteiger partial charge is 0.328 e. The third-order valence-corrected chi connectivity index (χ3v) is 3.49. The van der Waals surface area contributed by atoms with Gasteiger partial charge in [0.15, 0.2) is 5.13 Å². The molecule has 1 fully saturated rings. The van der Waals surface area contributed by atoms with Crippen molar-refractivity contribution in [2.75, 3.05) is 5.32 Å². The SMILES string of the molecule is NC1CCC(C(=O)Nc2nccs2)CC1. The second-order valence-corrected chi connectivity index (χ2v) is 4.83. The Morgan fingerprint density at radius 2 is 2.20 bits per heavy atom. The summed E-state index contributed by atoms with van der Waals surface area (Å²) in [7, 11) is 0. The number of anilines is 1. The van der Waals surface area contributed by atoms with Crippen LogP contribution in [0.15, 0.2) is 11.6 Å². The number of hydrogen-bond donors (Lipinski definition) is 2. The highest BCUT2D eigenvalue weighted by Crippen LogP contribution is 2.24. The third kappa shape index (κ3) is 2.76. The average Bonchev–Trinajstić information content (AvgIpc) is 2.71. The predicted octanol–water partition coefficient (Wildman–Crippen LogP) is 1.60. The number of nitrogens with two attached hydrogens (primary N) is 1.